The Morgan fingerprint density at radius 3 is 2.58 bits per heavy atom. The van der Waals surface area contributed by atoms with Crippen molar-refractivity contribution >= 4 is 5.91 Å². The number of hydrogen-bond acceptors (Lipinski definition) is 3. The molecule has 2 N–H and O–H groups in total. The predicted molar refractivity (Wildman–Crippen MR) is 100 cm³/mol. The molecule has 0 unspecified atom stereocenters. The molecule has 1 aromatic heterocycles. The summed E-state index contributed by atoms with van der Waals surface area (Å²) >= 11 is 0. The number of nitrogens with one attached hydrogen (secondary N) is 1. The van der Waals surface area contributed by atoms with Crippen LogP contribution in [0.5, 0.6) is 5.75 Å². The Bertz CT molecular complexity index is 960. The monoisotopic (exact) mass is 347 g/mol. The Balaban J connectivity index is 1.91. The fraction of sp³-hybridized carbons (Fsp3) is 0.238. The summed E-state index contributed by atoms with van der Waals surface area (Å²) in [5, 5.41) is 17.6. The van der Waals surface area contributed by atoms with Gasteiger partial charge in [0.1, 0.15) is 17.1 Å². The number of nitrogens with zero attached hydrogens (tertiary/aromatic N) is 2. The zero-order valence-electron chi connectivity index (χ0n) is 14.9. The molecule has 4 rings (SSSR count). The van der Waals surface area contributed by atoms with Crippen molar-refractivity contribution in [1.29, 1.82) is 0 Å². The predicted octanol–water partition coefficient (Wildman–Crippen LogP) is 4.05. The topological polar surface area (TPSA) is 69.2 Å². The number of para-hydroxylation sites is 1. The van der Waals surface area contributed by atoms with Gasteiger partial charge in [0.15, 0.2) is 0 Å². The van der Waals surface area contributed by atoms with Crippen LogP contribution in [0.1, 0.15) is 46.6 Å². The normalized spacial score (nSPS) is 16.2. The summed E-state index contributed by atoms with van der Waals surface area (Å²) in [6.07, 6.45) is 0.873. The van der Waals surface area contributed by atoms with Crippen LogP contribution in [-0.2, 0) is 0 Å². The van der Waals surface area contributed by atoms with Crippen LogP contribution in [0, 0.1) is 6.92 Å². The highest BCUT2D eigenvalue weighted by molar-refractivity contribution is 6.00. The molecule has 0 saturated carbocycles. The lowest BCUT2D eigenvalue weighted by atomic mass is 9.95. The van der Waals surface area contributed by atoms with E-state index in [1.54, 1.807) is 12.1 Å². The zero-order valence-corrected chi connectivity index (χ0v) is 14.9. The molecule has 1 aliphatic heterocycles. The Hall–Kier alpha value is -3.08. The van der Waals surface area contributed by atoms with Crippen LogP contribution in [0.3, 0.4) is 0 Å². The van der Waals surface area contributed by atoms with Crippen molar-refractivity contribution in [2.75, 3.05) is 6.54 Å². The van der Waals surface area contributed by atoms with Gasteiger partial charge in [-0.05, 0) is 31.0 Å². The maximum absolute atomic E-state index is 13.0. The van der Waals surface area contributed by atoms with Crippen molar-refractivity contribution in [3.05, 3.63) is 70.9 Å². The molecule has 5 heteroatoms. The lowest BCUT2D eigenvalue weighted by Crippen LogP contribution is -2.30. The van der Waals surface area contributed by atoms with Crippen molar-refractivity contribution < 1.29 is 9.90 Å². The minimum Gasteiger partial charge on any atom is -0.507 e. The second-order valence-corrected chi connectivity index (χ2v) is 6.69. The summed E-state index contributed by atoms with van der Waals surface area (Å²) in [6, 6.07) is 15.1. The van der Waals surface area contributed by atoms with Gasteiger partial charge in [-0.3, -0.25) is 9.89 Å². The fourth-order valence-corrected chi connectivity index (χ4v) is 3.64. The number of phenols is 1. The van der Waals surface area contributed by atoms with E-state index in [0.29, 0.717) is 23.5 Å². The first kappa shape index (κ1) is 16.4. The van der Waals surface area contributed by atoms with Gasteiger partial charge in [0, 0.05) is 17.7 Å². The molecular formula is C21H21N3O2. The maximum Gasteiger partial charge on any atom is 0.273 e. The van der Waals surface area contributed by atoms with Crippen LogP contribution >= 0.6 is 0 Å². The number of aromatic amines is 1. The first-order valence-corrected chi connectivity index (χ1v) is 8.86. The number of rotatable bonds is 4. The van der Waals surface area contributed by atoms with E-state index in [2.05, 4.69) is 41.4 Å². The average molecular weight is 347 g/mol. The Labute approximate surface area is 152 Å². The van der Waals surface area contributed by atoms with Crippen molar-refractivity contribution in [2.45, 2.75) is 26.3 Å². The number of fused-ring (bicyclic) bond motifs is 1. The van der Waals surface area contributed by atoms with E-state index in [1.807, 2.05) is 24.0 Å². The van der Waals surface area contributed by atoms with Crippen molar-refractivity contribution in [3.8, 4) is 17.0 Å². The van der Waals surface area contributed by atoms with Gasteiger partial charge in [0.25, 0.3) is 5.91 Å². The summed E-state index contributed by atoms with van der Waals surface area (Å²) < 4.78 is 0. The van der Waals surface area contributed by atoms with Gasteiger partial charge in [0.05, 0.1) is 6.04 Å². The molecule has 1 atom stereocenters. The number of carbonyl (C=O) groups is 1. The molecule has 1 aliphatic rings. The molecule has 2 heterocycles. The van der Waals surface area contributed by atoms with Gasteiger partial charge in [-0.25, -0.2) is 0 Å². The highest BCUT2D eigenvalue weighted by Gasteiger charge is 2.41. The fourth-order valence-electron chi connectivity index (χ4n) is 3.64. The first-order valence-electron chi connectivity index (χ1n) is 8.86. The third-order valence-corrected chi connectivity index (χ3v) is 4.88. The lowest BCUT2D eigenvalue weighted by Gasteiger charge is -2.26. The number of carbonyl (C=O) groups excluding carboxylic acids is 1. The van der Waals surface area contributed by atoms with Gasteiger partial charge >= 0.3 is 0 Å². The maximum atomic E-state index is 13.0. The smallest absolute Gasteiger partial charge is 0.273 e. The molecule has 0 fully saturated rings. The summed E-state index contributed by atoms with van der Waals surface area (Å²) in [4.78, 5) is 14.8. The molecule has 132 valence electrons. The molecule has 5 nitrogen and oxygen atoms in total. The van der Waals surface area contributed by atoms with E-state index in [9.17, 15) is 9.90 Å². The Morgan fingerprint density at radius 1 is 1.15 bits per heavy atom. The quantitative estimate of drug-likeness (QED) is 0.748. The number of phenolic OH excluding ortho intramolecular Hbond substituents is 1. The summed E-state index contributed by atoms with van der Waals surface area (Å²) in [5.74, 6) is 0.118. The molecule has 1 amide bonds. The number of amides is 1. The number of H-pyrrole nitrogens is 1. The third-order valence-electron chi connectivity index (χ3n) is 4.88. The number of aromatic nitrogens is 2. The average Bonchev–Trinajstić information content (AvgIpc) is 3.17. The van der Waals surface area contributed by atoms with E-state index in [4.69, 9.17) is 0 Å². The second-order valence-electron chi connectivity index (χ2n) is 6.69. The molecular weight excluding hydrogens is 326 g/mol. The second kappa shape index (κ2) is 6.33. The minimum atomic E-state index is -0.202. The lowest BCUT2D eigenvalue weighted by molar-refractivity contribution is 0.0744. The summed E-state index contributed by atoms with van der Waals surface area (Å²) in [5.41, 5.74) is 4.85. The van der Waals surface area contributed by atoms with E-state index < -0.39 is 0 Å². The van der Waals surface area contributed by atoms with Gasteiger partial charge in [-0.15, -0.1) is 0 Å². The molecule has 26 heavy (non-hydrogen) atoms. The van der Waals surface area contributed by atoms with Crippen LogP contribution in [-0.4, -0.2) is 32.7 Å². The first-order chi connectivity index (χ1) is 12.6. The standard InChI is InChI=1S/C21H21N3O2/c1-3-12-24-20(14-10-8-13(2)9-11-14)17-18(22-23-19(17)21(24)26)15-6-4-5-7-16(15)25/h4-11,20,25H,3,12H2,1-2H3,(H,22,23)/t20-/m0/s1. The SMILES string of the molecule is CCCN1C(=O)c2[nH]nc(-c3ccccc3O)c2[C@@H]1c1ccc(C)cc1. The largest absolute Gasteiger partial charge is 0.507 e. The molecule has 0 bridgehead atoms. The third kappa shape index (κ3) is 2.47. The van der Waals surface area contributed by atoms with Crippen molar-refractivity contribution in [2.24, 2.45) is 0 Å². The van der Waals surface area contributed by atoms with Gasteiger partial charge in [0.2, 0.25) is 0 Å². The van der Waals surface area contributed by atoms with E-state index >= 15 is 0 Å². The Morgan fingerprint density at radius 2 is 1.88 bits per heavy atom. The van der Waals surface area contributed by atoms with E-state index in [0.717, 1.165) is 17.5 Å². The molecule has 0 radical (unpaired) electrons. The van der Waals surface area contributed by atoms with Gasteiger partial charge in [-0.2, -0.15) is 5.10 Å². The number of aromatic hydroxyl groups is 1. The summed E-state index contributed by atoms with van der Waals surface area (Å²) in [7, 11) is 0. The van der Waals surface area contributed by atoms with Crippen LogP contribution in [0.2, 0.25) is 0 Å². The highest BCUT2D eigenvalue weighted by Crippen LogP contribution is 2.44. The van der Waals surface area contributed by atoms with Crippen LogP contribution in [0.25, 0.3) is 11.3 Å². The van der Waals surface area contributed by atoms with Crippen LogP contribution < -0.4 is 0 Å². The van der Waals surface area contributed by atoms with Gasteiger partial charge in [-0.1, -0.05) is 48.9 Å². The van der Waals surface area contributed by atoms with E-state index in [-0.39, 0.29) is 17.7 Å². The zero-order chi connectivity index (χ0) is 18.3. The molecule has 0 spiro atoms. The van der Waals surface area contributed by atoms with Crippen LogP contribution in [0.15, 0.2) is 48.5 Å². The number of hydrogen-bond donors (Lipinski definition) is 2. The Kier molecular flexibility index (Phi) is 3.99. The number of benzene rings is 2. The molecule has 2 aromatic carbocycles. The van der Waals surface area contributed by atoms with Gasteiger partial charge < -0.3 is 10.0 Å². The number of aryl methyl sites for hydroxylation is 1. The molecule has 0 saturated heterocycles. The highest BCUT2D eigenvalue weighted by atomic mass is 16.3. The minimum absolute atomic E-state index is 0.0402. The summed E-state index contributed by atoms with van der Waals surface area (Å²) in [6.45, 7) is 4.78. The van der Waals surface area contributed by atoms with Crippen LogP contribution in [0.4, 0.5) is 0 Å². The molecule has 0 aliphatic carbocycles. The van der Waals surface area contributed by atoms with Crippen molar-refractivity contribution in [3.63, 3.8) is 0 Å². The van der Waals surface area contributed by atoms with Crippen molar-refractivity contribution in [1.82, 2.24) is 15.1 Å². The molecule has 3 aromatic rings. The van der Waals surface area contributed by atoms with E-state index in [1.165, 1.54) is 5.56 Å².